The first-order chi connectivity index (χ1) is 7.26. The number of hydrogen-bond acceptors (Lipinski definition) is 6. The minimum atomic E-state index is -0.176. The van der Waals surface area contributed by atoms with Gasteiger partial charge >= 0.3 is 0 Å². The number of carbonyl (C=O) groups is 1. The van der Waals surface area contributed by atoms with E-state index in [-0.39, 0.29) is 24.7 Å². The van der Waals surface area contributed by atoms with Crippen molar-refractivity contribution in [1.82, 2.24) is 15.5 Å². The van der Waals surface area contributed by atoms with E-state index in [0.29, 0.717) is 11.1 Å². The second-order valence-electron chi connectivity index (χ2n) is 2.44. The van der Waals surface area contributed by atoms with Crippen molar-refractivity contribution in [3.8, 4) is 12.3 Å². The van der Waals surface area contributed by atoms with E-state index in [1.54, 1.807) is 0 Å². The van der Waals surface area contributed by atoms with Gasteiger partial charge in [-0.25, -0.2) is 0 Å². The molecular weight excluding hydrogens is 216 g/mol. The lowest BCUT2D eigenvalue weighted by atomic mass is 10.6. The first-order valence-corrected chi connectivity index (χ1v) is 5.10. The number of nitrogens with one attached hydrogen (secondary N) is 1. The molecule has 1 rings (SSSR count). The van der Waals surface area contributed by atoms with Gasteiger partial charge in [0, 0.05) is 0 Å². The molecule has 80 valence electrons. The van der Waals surface area contributed by atoms with Crippen LogP contribution in [0.4, 0.5) is 0 Å². The summed E-state index contributed by atoms with van der Waals surface area (Å²) in [5.41, 5.74) is 5.28. The van der Waals surface area contributed by atoms with Crippen molar-refractivity contribution in [2.24, 2.45) is 5.73 Å². The fourth-order valence-electron chi connectivity index (χ4n) is 0.707. The molecule has 1 amide bonds. The van der Waals surface area contributed by atoms with Crippen LogP contribution in [0.5, 0.6) is 0 Å². The number of nitrogens with zero attached hydrogens (tertiary/aromatic N) is 2. The zero-order valence-corrected chi connectivity index (χ0v) is 8.71. The molecule has 0 saturated heterocycles. The predicted molar refractivity (Wildman–Crippen MR) is 54.8 cm³/mol. The van der Waals surface area contributed by atoms with Gasteiger partial charge in [0.15, 0.2) is 0 Å². The molecule has 15 heavy (non-hydrogen) atoms. The van der Waals surface area contributed by atoms with E-state index in [1.807, 2.05) is 0 Å². The van der Waals surface area contributed by atoms with E-state index in [4.69, 9.17) is 16.6 Å². The van der Waals surface area contributed by atoms with Gasteiger partial charge in [-0.05, 0) is 0 Å². The zero-order valence-electron chi connectivity index (χ0n) is 7.90. The molecule has 1 aromatic rings. The average molecular weight is 226 g/mol. The minimum absolute atomic E-state index is 0.176. The van der Waals surface area contributed by atoms with Crippen molar-refractivity contribution in [2.75, 3.05) is 12.3 Å². The summed E-state index contributed by atoms with van der Waals surface area (Å²) in [7, 11) is 0. The number of thioether (sulfide) groups is 1. The molecule has 0 fully saturated rings. The quantitative estimate of drug-likeness (QED) is 0.513. The number of aromatic nitrogens is 2. The number of nitrogens with two attached hydrogens (primary N) is 1. The van der Waals surface area contributed by atoms with Crippen molar-refractivity contribution in [1.29, 1.82) is 0 Å². The zero-order chi connectivity index (χ0) is 11.1. The highest BCUT2D eigenvalue weighted by molar-refractivity contribution is 7.99. The molecule has 1 aromatic heterocycles. The minimum Gasteiger partial charge on any atom is -0.415 e. The summed E-state index contributed by atoms with van der Waals surface area (Å²) in [4.78, 5) is 11.1. The molecule has 0 spiro atoms. The van der Waals surface area contributed by atoms with Crippen molar-refractivity contribution in [2.45, 2.75) is 11.8 Å². The second-order valence-corrected chi connectivity index (χ2v) is 3.36. The second kappa shape index (κ2) is 6.06. The van der Waals surface area contributed by atoms with Crippen molar-refractivity contribution >= 4 is 17.7 Å². The highest BCUT2D eigenvalue weighted by atomic mass is 32.2. The smallest absolute Gasteiger partial charge is 0.277 e. The first-order valence-electron chi connectivity index (χ1n) is 4.11. The van der Waals surface area contributed by atoms with Crippen LogP contribution in [0, 0.1) is 12.3 Å². The molecule has 6 nitrogen and oxygen atoms in total. The Morgan fingerprint density at radius 1 is 1.67 bits per heavy atom. The number of carbonyl (C=O) groups excluding carboxylic acids is 1. The van der Waals surface area contributed by atoms with Crippen LogP contribution in [0.1, 0.15) is 5.89 Å². The third-order valence-corrected chi connectivity index (χ3v) is 2.16. The van der Waals surface area contributed by atoms with Gasteiger partial charge in [0.1, 0.15) is 0 Å². The number of hydrogen-bond donors (Lipinski definition) is 2. The topological polar surface area (TPSA) is 94.0 Å². The lowest BCUT2D eigenvalue weighted by Crippen LogP contribution is -2.25. The van der Waals surface area contributed by atoms with E-state index in [0.717, 1.165) is 11.8 Å². The molecule has 0 atom stereocenters. The Hall–Kier alpha value is -1.52. The Labute approximate surface area is 91.0 Å². The molecule has 7 heteroatoms. The van der Waals surface area contributed by atoms with E-state index >= 15 is 0 Å². The van der Waals surface area contributed by atoms with Crippen LogP contribution >= 0.6 is 11.8 Å². The molecule has 0 bridgehead atoms. The summed E-state index contributed by atoms with van der Waals surface area (Å²) in [6.07, 6.45) is 4.98. The fourth-order valence-corrected chi connectivity index (χ4v) is 1.32. The third kappa shape index (κ3) is 4.01. The Morgan fingerprint density at radius 3 is 3.07 bits per heavy atom. The number of amides is 1. The average Bonchev–Trinajstić information content (AvgIpc) is 2.71. The van der Waals surface area contributed by atoms with E-state index in [9.17, 15) is 4.79 Å². The van der Waals surface area contributed by atoms with Gasteiger partial charge in [-0.3, -0.25) is 4.79 Å². The predicted octanol–water partition coefficient (Wildman–Crippen LogP) is -0.630. The van der Waals surface area contributed by atoms with Gasteiger partial charge in [-0.15, -0.1) is 16.6 Å². The van der Waals surface area contributed by atoms with Gasteiger partial charge < -0.3 is 15.5 Å². The maximum atomic E-state index is 11.1. The monoisotopic (exact) mass is 226 g/mol. The van der Waals surface area contributed by atoms with Gasteiger partial charge in [-0.1, -0.05) is 17.7 Å². The maximum absolute atomic E-state index is 11.1. The molecule has 0 aromatic carbocycles. The van der Waals surface area contributed by atoms with Crippen LogP contribution in [-0.4, -0.2) is 28.4 Å². The van der Waals surface area contributed by atoms with E-state index < -0.39 is 0 Å². The van der Waals surface area contributed by atoms with Gasteiger partial charge in [0.2, 0.25) is 11.8 Å². The Kier molecular flexibility index (Phi) is 4.66. The van der Waals surface area contributed by atoms with Crippen LogP contribution in [-0.2, 0) is 11.3 Å². The van der Waals surface area contributed by atoms with E-state index in [2.05, 4.69) is 21.4 Å². The lowest BCUT2D eigenvalue weighted by molar-refractivity contribution is -0.118. The normalized spacial score (nSPS) is 9.60. The molecule has 0 aliphatic carbocycles. The summed E-state index contributed by atoms with van der Waals surface area (Å²) in [5, 5.41) is 10.2. The van der Waals surface area contributed by atoms with Crippen molar-refractivity contribution in [3.63, 3.8) is 0 Å². The highest BCUT2D eigenvalue weighted by Crippen LogP contribution is 2.14. The SMILES string of the molecule is C#CCNC(=O)CSc1nnc(CN)o1. The van der Waals surface area contributed by atoms with Crippen LogP contribution in [0.25, 0.3) is 0 Å². The first kappa shape index (κ1) is 11.6. The fraction of sp³-hybridized carbons (Fsp3) is 0.375. The summed E-state index contributed by atoms with van der Waals surface area (Å²) in [5.74, 6) is 2.66. The molecule has 1 heterocycles. The van der Waals surface area contributed by atoms with Gasteiger partial charge in [-0.2, -0.15) is 0 Å². The highest BCUT2D eigenvalue weighted by Gasteiger charge is 2.07. The number of rotatable bonds is 5. The Bertz CT molecular complexity index is 371. The molecular formula is C8H10N4O2S. The summed E-state index contributed by atoms with van der Waals surface area (Å²) >= 11 is 1.14. The largest absolute Gasteiger partial charge is 0.415 e. The molecule has 0 aliphatic heterocycles. The van der Waals surface area contributed by atoms with Crippen molar-refractivity contribution in [3.05, 3.63) is 5.89 Å². The van der Waals surface area contributed by atoms with Gasteiger partial charge in [0.05, 0.1) is 18.8 Å². The Balaban J connectivity index is 2.31. The molecule has 0 radical (unpaired) electrons. The molecule has 0 saturated carbocycles. The lowest BCUT2D eigenvalue weighted by Gasteiger charge is -1.97. The van der Waals surface area contributed by atoms with Crippen molar-refractivity contribution < 1.29 is 9.21 Å². The molecule has 0 unspecified atom stereocenters. The summed E-state index contributed by atoms with van der Waals surface area (Å²) in [6, 6.07) is 0. The van der Waals surface area contributed by atoms with Crippen LogP contribution in [0.15, 0.2) is 9.64 Å². The van der Waals surface area contributed by atoms with Crippen LogP contribution in [0.3, 0.4) is 0 Å². The third-order valence-electron chi connectivity index (χ3n) is 1.34. The van der Waals surface area contributed by atoms with Crippen LogP contribution in [0.2, 0.25) is 0 Å². The van der Waals surface area contributed by atoms with Crippen LogP contribution < -0.4 is 11.1 Å². The maximum Gasteiger partial charge on any atom is 0.277 e. The molecule has 0 aliphatic rings. The summed E-state index contributed by atoms with van der Waals surface area (Å²) < 4.78 is 5.08. The van der Waals surface area contributed by atoms with Gasteiger partial charge in [0.25, 0.3) is 5.22 Å². The van der Waals surface area contributed by atoms with E-state index in [1.165, 1.54) is 0 Å². The number of terminal acetylenes is 1. The molecule has 3 N–H and O–H groups in total. The summed E-state index contributed by atoms with van der Waals surface area (Å²) in [6.45, 7) is 0.411. The Morgan fingerprint density at radius 2 is 2.47 bits per heavy atom. The standard InChI is InChI=1S/C8H10N4O2S/c1-2-3-10-6(13)5-15-8-12-11-7(4-9)14-8/h1H,3-5,9H2,(H,10,13).